The number of hydrogen-bond donors (Lipinski definition) is 2. The smallest absolute Gasteiger partial charge is 0.150 e. The molecule has 4 heteroatoms. The van der Waals surface area contributed by atoms with Crippen LogP contribution in [0, 0.1) is 13.8 Å². The zero-order valence-corrected chi connectivity index (χ0v) is 21.5. The highest BCUT2D eigenvalue weighted by molar-refractivity contribution is 5.74. The Kier molecular flexibility index (Phi) is 28.2. The lowest BCUT2D eigenvalue weighted by atomic mass is 10.1. The molecule has 0 spiro atoms. The molecule has 0 fully saturated rings. The van der Waals surface area contributed by atoms with Crippen molar-refractivity contribution in [2.24, 2.45) is 0 Å². The van der Waals surface area contributed by atoms with Crippen LogP contribution in [0.1, 0.15) is 61.7 Å². The van der Waals surface area contributed by atoms with Crippen LogP contribution in [0.4, 0.5) is 0 Å². The van der Waals surface area contributed by atoms with Crippen molar-refractivity contribution in [1.29, 1.82) is 0 Å². The number of hydrogen-bond acceptors (Lipinski definition) is 4. The van der Waals surface area contributed by atoms with Crippen molar-refractivity contribution in [3.63, 3.8) is 0 Å². The van der Waals surface area contributed by atoms with Crippen LogP contribution in [0.2, 0.25) is 0 Å². The summed E-state index contributed by atoms with van der Waals surface area (Å²) < 4.78 is 0. The second-order valence-electron chi connectivity index (χ2n) is 6.50. The van der Waals surface area contributed by atoms with Gasteiger partial charge in [-0.1, -0.05) is 94.3 Å². The van der Waals surface area contributed by atoms with Gasteiger partial charge in [-0.2, -0.15) is 0 Å². The molecule has 0 unspecified atom stereocenters. The van der Waals surface area contributed by atoms with Gasteiger partial charge in [0.2, 0.25) is 0 Å². The number of likely N-dealkylation sites (N-methyl/N-ethyl adjacent to an activating group) is 1. The topological polar surface area (TPSA) is 52.6 Å². The van der Waals surface area contributed by atoms with Gasteiger partial charge in [0.1, 0.15) is 6.29 Å². The maximum absolute atomic E-state index is 10.1. The lowest BCUT2D eigenvalue weighted by Crippen LogP contribution is -2.24. The first-order valence-electron chi connectivity index (χ1n) is 11.5. The molecule has 0 aromatic heterocycles. The molecule has 0 atom stereocenters. The van der Waals surface area contributed by atoms with Crippen molar-refractivity contribution in [1.82, 2.24) is 10.2 Å². The molecule has 0 aliphatic heterocycles. The van der Waals surface area contributed by atoms with E-state index in [2.05, 4.69) is 48.3 Å². The normalized spacial score (nSPS) is 8.87. The van der Waals surface area contributed by atoms with E-state index in [1.807, 2.05) is 73.0 Å². The van der Waals surface area contributed by atoms with Crippen molar-refractivity contribution in [3.05, 3.63) is 70.8 Å². The summed E-state index contributed by atoms with van der Waals surface area (Å²) in [5.41, 5.74) is 4.58. The number of aliphatic hydroxyl groups excluding tert-OH is 1. The predicted molar refractivity (Wildman–Crippen MR) is 138 cm³/mol. The monoisotopic (exact) mass is 432 g/mol. The van der Waals surface area contributed by atoms with Crippen LogP contribution < -0.4 is 5.32 Å². The average molecular weight is 433 g/mol. The Labute approximate surface area is 192 Å². The lowest BCUT2D eigenvalue weighted by molar-refractivity contribution is 0.112. The van der Waals surface area contributed by atoms with Crippen molar-refractivity contribution in [2.75, 3.05) is 40.3 Å². The summed E-state index contributed by atoms with van der Waals surface area (Å²) in [7, 11) is 3.96. The molecule has 0 saturated carbocycles. The number of nitrogens with one attached hydrogen (secondary N) is 1. The maximum atomic E-state index is 10.1. The third-order valence-corrected chi connectivity index (χ3v) is 3.95. The molecule has 2 aromatic carbocycles. The van der Waals surface area contributed by atoms with Crippen molar-refractivity contribution in [3.8, 4) is 0 Å². The van der Waals surface area contributed by atoms with Crippen LogP contribution in [-0.2, 0) is 6.42 Å². The van der Waals surface area contributed by atoms with Gasteiger partial charge in [0, 0.05) is 18.7 Å². The van der Waals surface area contributed by atoms with E-state index in [9.17, 15) is 4.79 Å². The summed E-state index contributed by atoms with van der Waals surface area (Å²) >= 11 is 0. The summed E-state index contributed by atoms with van der Waals surface area (Å²) in [6.07, 6.45) is 1.90. The maximum Gasteiger partial charge on any atom is 0.150 e. The van der Waals surface area contributed by atoms with E-state index in [-0.39, 0.29) is 6.61 Å². The SMILES string of the molecule is CC.CC.CCNC.Cc1ccc(C=O)cc1.Cc1ccc(CCN(C)CCO)cc1. The molecule has 31 heavy (non-hydrogen) atoms. The van der Waals surface area contributed by atoms with Crippen LogP contribution >= 0.6 is 0 Å². The van der Waals surface area contributed by atoms with Crippen molar-refractivity contribution < 1.29 is 9.90 Å². The highest BCUT2D eigenvalue weighted by atomic mass is 16.3. The van der Waals surface area contributed by atoms with Crippen LogP contribution in [0.15, 0.2) is 48.5 Å². The molecule has 4 nitrogen and oxygen atoms in total. The molecular weight excluding hydrogens is 384 g/mol. The molecule has 178 valence electrons. The first-order valence-corrected chi connectivity index (χ1v) is 11.5. The van der Waals surface area contributed by atoms with E-state index in [0.717, 1.165) is 37.9 Å². The second-order valence-corrected chi connectivity index (χ2v) is 6.50. The number of carbonyl (C=O) groups is 1. The summed E-state index contributed by atoms with van der Waals surface area (Å²) in [4.78, 5) is 12.3. The van der Waals surface area contributed by atoms with Crippen molar-refractivity contribution in [2.45, 2.75) is 54.9 Å². The second kappa shape index (κ2) is 26.0. The summed E-state index contributed by atoms with van der Waals surface area (Å²) in [5.74, 6) is 0. The van der Waals surface area contributed by atoms with Gasteiger partial charge < -0.3 is 15.3 Å². The Morgan fingerprint density at radius 3 is 1.65 bits per heavy atom. The fourth-order valence-electron chi connectivity index (χ4n) is 2.00. The Hall–Kier alpha value is -2.01. The standard InChI is InChI=1S/C12H19NO.C8H8O.C3H9N.2C2H6/c1-11-3-5-12(6-4-11)7-8-13(2)9-10-14;1-7-2-4-8(6-9)5-3-7;1-3-4-2;2*1-2/h3-6,14H,7-10H2,1-2H3;2-6H,1H3;4H,3H2,1-2H3;2*1-2H3. The molecule has 0 amide bonds. The van der Waals surface area contributed by atoms with Gasteiger partial charge in [-0.3, -0.25) is 4.79 Å². The summed E-state index contributed by atoms with van der Waals surface area (Å²) in [5, 5.41) is 11.7. The number of benzene rings is 2. The number of nitrogens with zero attached hydrogens (tertiary/aromatic N) is 1. The van der Waals surface area contributed by atoms with Crippen LogP contribution in [-0.4, -0.2) is 56.6 Å². The zero-order chi connectivity index (χ0) is 24.5. The highest BCUT2D eigenvalue weighted by Gasteiger charge is 1.98. The van der Waals surface area contributed by atoms with Crippen LogP contribution in [0.3, 0.4) is 0 Å². The van der Waals surface area contributed by atoms with Gasteiger partial charge in [-0.25, -0.2) is 0 Å². The molecule has 0 heterocycles. The molecule has 0 saturated heterocycles. The Morgan fingerprint density at radius 2 is 1.29 bits per heavy atom. The fourth-order valence-corrected chi connectivity index (χ4v) is 2.00. The Morgan fingerprint density at radius 1 is 0.871 bits per heavy atom. The fraction of sp³-hybridized carbons (Fsp3) is 0.519. The van der Waals surface area contributed by atoms with E-state index in [1.54, 1.807) is 0 Å². The lowest BCUT2D eigenvalue weighted by Gasteiger charge is -2.14. The van der Waals surface area contributed by atoms with E-state index in [4.69, 9.17) is 5.11 Å². The van der Waals surface area contributed by atoms with Gasteiger partial charge >= 0.3 is 0 Å². The van der Waals surface area contributed by atoms with Crippen molar-refractivity contribution >= 4 is 6.29 Å². The highest BCUT2D eigenvalue weighted by Crippen LogP contribution is 2.04. The average Bonchev–Trinajstić information content (AvgIpc) is 2.82. The largest absolute Gasteiger partial charge is 0.395 e. The van der Waals surface area contributed by atoms with Gasteiger partial charge in [0.15, 0.2) is 0 Å². The number of aryl methyl sites for hydroxylation is 2. The number of carbonyl (C=O) groups excluding carboxylic acids is 1. The minimum absolute atomic E-state index is 0.240. The molecule has 0 aliphatic rings. The van der Waals surface area contributed by atoms with Gasteiger partial charge in [-0.15, -0.1) is 0 Å². The summed E-state index contributed by atoms with van der Waals surface area (Å²) in [6, 6.07) is 16.1. The molecular formula is C27H48N2O2. The minimum Gasteiger partial charge on any atom is -0.395 e. The van der Waals surface area contributed by atoms with Crippen LogP contribution in [0.25, 0.3) is 0 Å². The third-order valence-electron chi connectivity index (χ3n) is 3.95. The van der Waals surface area contributed by atoms with E-state index >= 15 is 0 Å². The quantitative estimate of drug-likeness (QED) is 0.564. The zero-order valence-electron chi connectivity index (χ0n) is 21.5. The van der Waals surface area contributed by atoms with E-state index in [1.165, 1.54) is 16.7 Å². The Balaban J connectivity index is -0.000000396. The number of rotatable bonds is 7. The first-order chi connectivity index (χ1) is 15.0. The molecule has 0 bridgehead atoms. The minimum atomic E-state index is 0.240. The predicted octanol–water partition coefficient (Wildman–Crippen LogP) is 5.55. The van der Waals surface area contributed by atoms with Gasteiger partial charge in [0.05, 0.1) is 6.61 Å². The number of aliphatic hydroxyl groups is 1. The van der Waals surface area contributed by atoms with E-state index < -0.39 is 0 Å². The van der Waals surface area contributed by atoms with Gasteiger partial charge in [-0.05, 0) is 46.5 Å². The molecule has 2 N–H and O–H groups in total. The number of aldehydes is 1. The van der Waals surface area contributed by atoms with Gasteiger partial charge in [0.25, 0.3) is 0 Å². The molecule has 0 aliphatic carbocycles. The first kappa shape index (κ1) is 33.6. The molecule has 2 aromatic rings. The van der Waals surface area contributed by atoms with E-state index in [0.29, 0.717) is 0 Å². The molecule has 2 rings (SSSR count). The third kappa shape index (κ3) is 22.5. The van der Waals surface area contributed by atoms with Crippen LogP contribution in [0.5, 0.6) is 0 Å². The molecule has 0 radical (unpaired) electrons. The summed E-state index contributed by atoms with van der Waals surface area (Å²) in [6.45, 7) is 17.2. The Bertz CT molecular complexity index is 594.